The van der Waals surface area contributed by atoms with E-state index in [1.165, 1.54) is 6.92 Å². The monoisotopic (exact) mass is 1470 g/mol. The number of benzene rings is 8. The van der Waals surface area contributed by atoms with Crippen LogP contribution in [0.2, 0.25) is 0 Å². The number of H-pyrrole nitrogens is 1. The fraction of sp³-hybridized carbons (Fsp3) is 0.224. The number of hydroxylamine groups is 4. The molecule has 556 valence electrons. The first-order valence-electron chi connectivity index (χ1n) is 35.9. The summed E-state index contributed by atoms with van der Waals surface area (Å²) >= 11 is 0. The Bertz CT molecular complexity index is 5320. The summed E-state index contributed by atoms with van der Waals surface area (Å²) in [5, 5.41) is 38.1. The first-order chi connectivity index (χ1) is 52.8. The van der Waals surface area contributed by atoms with E-state index in [1.807, 2.05) is 143 Å². The molecular weight excluding hydrogens is 1380 g/mol. The normalized spacial score (nSPS) is 13.9. The van der Waals surface area contributed by atoms with Crippen molar-refractivity contribution in [2.45, 2.75) is 97.8 Å². The predicted octanol–water partition coefficient (Wildman–Crippen LogP) is 12.4. The van der Waals surface area contributed by atoms with Gasteiger partial charge in [-0.2, -0.15) is 0 Å². The number of carbonyl (C=O) groups is 9. The van der Waals surface area contributed by atoms with Crippen molar-refractivity contribution >= 4 is 91.9 Å². The second-order valence-electron chi connectivity index (χ2n) is 27.3. The lowest BCUT2D eigenvalue weighted by atomic mass is 10.0. The van der Waals surface area contributed by atoms with E-state index in [2.05, 4.69) is 16.0 Å². The summed E-state index contributed by atoms with van der Waals surface area (Å²) in [6, 6.07) is 55.5. The molecule has 11 aromatic rings. The van der Waals surface area contributed by atoms with E-state index in [4.69, 9.17) is 25.2 Å². The molecule has 24 nitrogen and oxygen atoms in total. The lowest BCUT2D eigenvalue weighted by molar-refractivity contribution is -0.129. The van der Waals surface area contributed by atoms with E-state index in [-0.39, 0.29) is 35.8 Å². The summed E-state index contributed by atoms with van der Waals surface area (Å²) in [5.41, 5.74) is 23.3. The Morgan fingerprint density at radius 1 is 0.440 bits per heavy atom. The maximum absolute atomic E-state index is 13.2. The van der Waals surface area contributed by atoms with Gasteiger partial charge in [-0.3, -0.25) is 69.0 Å². The number of aromatic amines is 1. The van der Waals surface area contributed by atoms with Gasteiger partial charge in [0.25, 0.3) is 47.3 Å². The molecule has 3 aromatic heterocycles. The molecule has 0 saturated heterocycles. The molecule has 8 aromatic carbocycles. The molecule has 0 radical (unpaired) electrons. The van der Waals surface area contributed by atoms with Crippen LogP contribution in [0.3, 0.4) is 0 Å². The largest absolute Gasteiger partial charge is 0.464 e. The standard InChI is InChI=1S/C23H24N2O4.C21H21N3O3.C21H19N3O3.C20H18N2O4/c1-16(26)12-21(13-17-6-3-2-4-7-17)23(28)25-11-5-8-18-14-19(22(27)24-29)9-10-20(18)15-25;1-13-4-7-18-17(9-13)11-19(22-18)21(26)24-8-2-3-14-10-15(20(25)23-27)5-6-16(14)12-24;25-20(23-27)16-7-8-17-13-24(9-3-5-14(17)10-16)21(26)18-11-15-4-1-2-6-19(15)22-12-18;23-19(21-25)15-3-4-17-12-22(8-1-2-13(17)10-15)20(24)16-5-6-18-14(11-16)7-9-26-18/h2-4,6-7,9-10,13-14,29H,5,8,11-12,15H2,1H3,(H,24,27);4-7,9-11,22,27H,2-3,8,12H2,1H3,(H,23,25);1-2,4,6-8,10-12,27H,3,5,9,13H2,(H,23,25);3-7,9-11,25H,1-2,8,12H2,(H,21,23)/b21-13+;;;. The molecule has 0 unspecified atom stereocenters. The molecule has 0 aliphatic carbocycles. The fourth-order valence-electron chi connectivity index (χ4n) is 14.1. The third-order valence-electron chi connectivity index (χ3n) is 19.8. The molecule has 7 heterocycles. The number of rotatable bonds is 11. The smallest absolute Gasteiger partial charge is 0.274 e. The van der Waals surface area contributed by atoms with Gasteiger partial charge in [0.05, 0.1) is 17.3 Å². The highest BCUT2D eigenvalue weighted by molar-refractivity contribution is 6.03. The number of hydrogen-bond donors (Lipinski definition) is 9. The van der Waals surface area contributed by atoms with E-state index in [0.717, 1.165) is 140 Å². The number of Topliss-reactive ketones (excluding diaryl/α,β-unsaturated/α-hetero) is 1. The van der Waals surface area contributed by atoms with Crippen molar-refractivity contribution in [3.63, 3.8) is 0 Å². The van der Waals surface area contributed by atoms with Crippen molar-refractivity contribution in [1.29, 1.82) is 0 Å². The van der Waals surface area contributed by atoms with Crippen molar-refractivity contribution in [3.8, 4) is 0 Å². The summed E-state index contributed by atoms with van der Waals surface area (Å²) in [6.45, 7) is 7.94. The summed E-state index contributed by atoms with van der Waals surface area (Å²) < 4.78 is 5.33. The van der Waals surface area contributed by atoms with Gasteiger partial charge in [0, 0.05) is 120 Å². The average molecular weight is 1470 g/mol. The highest BCUT2D eigenvalue weighted by Gasteiger charge is 2.28. The topological polar surface area (TPSA) is 337 Å². The second-order valence-corrected chi connectivity index (χ2v) is 27.3. The molecule has 0 spiro atoms. The number of aromatic nitrogens is 2. The number of ketones is 1. The molecular formula is C85H82N10O14. The van der Waals surface area contributed by atoms with Crippen LogP contribution >= 0.6 is 0 Å². The van der Waals surface area contributed by atoms with Crippen LogP contribution in [0.25, 0.3) is 38.9 Å². The van der Waals surface area contributed by atoms with Crippen molar-refractivity contribution in [2.75, 3.05) is 26.2 Å². The van der Waals surface area contributed by atoms with Gasteiger partial charge in [-0.25, -0.2) is 21.9 Å². The van der Waals surface area contributed by atoms with Gasteiger partial charge in [0.2, 0.25) is 0 Å². The Balaban J connectivity index is 0.000000136. The van der Waals surface area contributed by atoms with E-state index in [9.17, 15) is 43.2 Å². The molecule has 24 heteroatoms. The van der Waals surface area contributed by atoms with Crippen LogP contribution in [-0.2, 0) is 61.5 Å². The van der Waals surface area contributed by atoms with E-state index < -0.39 is 23.6 Å². The van der Waals surface area contributed by atoms with Crippen molar-refractivity contribution in [2.24, 2.45) is 0 Å². The van der Waals surface area contributed by atoms with Gasteiger partial charge >= 0.3 is 0 Å². The number of para-hydroxylation sites is 1. The molecule has 15 rings (SSSR count). The van der Waals surface area contributed by atoms with Gasteiger partial charge in [-0.05, 0) is 224 Å². The molecule has 4 aliphatic rings. The minimum absolute atomic E-state index is 0.0156. The van der Waals surface area contributed by atoms with Gasteiger partial charge in [-0.1, -0.05) is 84.4 Å². The molecule has 0 saturated carbocycles. The minimum Gasteiger partial charge on any atom is -0.464 e. The number of furan rings is 1. The molecule has 0 atom stereocenters. The Kier molecular flexibility index (Phi) is 24.5. The number of carbonyl (C=O) groups excluding carboxylic acids is 9. The maximum Gasteiger partial charge on any atom is 0.274 e. The van der Waals surface area contributed by atoms with Crippen LogP contribution in [0.1, 0.15) is 167 Å². The van der Waals surface area contributed by atoms with Gasteiger partial charge in [0.15, 0.2) is 0 Å². The number of fused-ring (bicyclic) bond motifs is 7. The number of nitrogens with zero attached hydrogens (tertiary/aromatic N) is 5. The van der Waals surface area contributed by atoms with Gasteiger partial charge < -0.3 is 29.0 Å². The quantitative estimate of drug-likeness (QED) is 0.0330. The second kappa shape index (κ2) is 35.1. The number of amides is 8. The predicted molar refractivity (Wildman–Crippen MR) is 406 cm³/mol. The SMILES string of the molecule is CC(=O)C/C(=C\c1ccccc1)C(=O)N1CCCc2cc(C(=O)NO)ccc2C1.Cc1ccc2[nH]c(C(=O)N3CCCc4cc(C(=O)NO)ccc4C3)cc2c1.O=C(NO)c1ccc2c(c1)CCCN(C(=O)c1ccc3occc3c1)C2.O=C(NO)c1ccc2c(c1)CCCN(C(=O)c1cnc3ccccc3c1)C2. The lowest BCUT2D eigenvalue weighted by Crippen LogP contribution is -2.32. The summed E-state index contributed by atoms with van der Waals surface area (Å²) in [5.74, 6) is -2.42. The van der Waals surface area contributed by atoms with Crippen LogP contribution in [0.5, 0.6) is 0 Å². The van der Waals surface area contributed by atoms with Crippen LogP contribution in [-0.4, -0.2) is 130 Å². The average Bonchev–Trinajstić information content (AvgIpc) is 1.76. The number of pyridine rings is 1. The summed E-state index contributed by atoms with van der Waals surface area (Å²) in [6.07, 6.45) is 11.4. The highest BCUT2D eigenvalue weighted by atomic mass is 16.5. The number of aryl methyl sites for hydroxylation is 5. The molecule has 0 fully saturated rings. The highest BCUT2D eigenvalue weighted by Crippen LogP contribution is 2.30. The zero-order valence-electron chi connectivity index (χ0n) is 60.2. The Labute approximate surface area is 627 Å². The zero-order valence-corrected chi connectivity index (χ0v) is 60.2. The third-order valence-corrected chi connectivity index (χ3v) is 19.8. The molecule has 0 bridgehead atoms. The van der Waals surface area contributed by atoms with Gasteiger partial charge in [0.1, 0.15) is 17.1 Å². The van der Waals surface area contributed by atoms with Crippen molar-refractivity contribution in [3.05, 3.63) is 295 Å². The Morgan fingerprint density at radius 2 is 0.890 bits per heavy atom. The molecule has 8 amide bonds. The minimum atomic E-state index is -0.556. The van der Waals surface area contributed by atoms with Gasteiger partial charge in [-0.15, -0.1) is 0 Å². The molecule has 4 aliphatic heterocycles. The maximum atomic E-state index is 13.2. The van der Waals surface area contributed by atoms with E-state index in [1.54, 1.807) is 100.0 Å². The number of nitrogens with one attached hydrogen (secondary N) is 5. The summed E-state index contributed by atoms with van der Waals surface area (Å²) in [7, 11) is 0. The zero-order chi connectivity index (χ0) is 76.7. The number of hydrogen-bond acceptors (Lipinski definition) is 15. The first-order valence-corrected chi connectivity index (χ1v) is 35.9. The molecule has 109 heavy (non-hydrogen) atoms. The molecule has 9 N–H and O–H groups in total. The fourth-order valence-corrected chi connectivity index (χ4v) is 14.1. The summed E-state index contributed by atoms with van der Waals surface area (Å²) in [4.78, 5) is 125. The third kappa shape index (κ3) is 18.6. The lowest BCUT2D eigenvalue weighted by Gasteiger charge is -2.22. The van der Waals surface area contributed by atoms with Crippen LogP contribution in [0, 0.1) is 6.92 Å². The van der Waals surface area contributed by atoms with Crippen LogP contribution in [0.15, 0.2) is 204 Å². The van der Waals surface area contributed by atoms with Crippen molar-refractivity contribution < 1.29 is 68.4 Å². The first kappa shape index (κ1) is 75.9. The van der Waals surface area contributed by atoms with E-state index in [0.29, 0.717) is 97.0 Å². The van der Waals surface area contributed by atoms with E-state index >= 15 is 0 Å². The Hall–Kier alpha value is -12.7. The van der Waals surface area contributed by atoms with Crippen LogP contribution < -0.4 is 21.9 Å². The van der Waals surface area contributed by atoms with Crippen LogP contribution in [0.4, 0.5) is 0 Å². The Morgan fingerprint density at radius 3 is 1.39 bits per heavy atom. The van der Waals surface area contributed by atoms with Crippen molar-refractivity contribution in [1.82, 2.24) is 51.5 Å².